The van der Waals surface area contributed by atoms with Gasteiger partial charge < -0.3 is 25.0 Å². The molecule has 1 fully saturated rings. The van der Waals surface area contributed by atoms with Crippen LogP contribution in [0.3, 0.4) is 0 Å². The van der Waals surface area contributed by atoms with E-state index in [-0.39, 0.29) is 12.4 Å². The third kappa shape index (κ3) is 5.46. The lowest BCUT2D eigenvalue weighted by molar-refractivity contribution is -0.0325. The van der Waals surface area contributed by atoms with Gasteiger partial charge in [0.25, 0.3) is 0 Å². The second-order valence-corrected chi connectivity index (χ2v) is 7.15. The third-order valence-electron chi connectivity index (χ3n) is 4.91. The molecule has 2 aromatic rings. The maximum Gasteiger partial charge on any atom is 0.119 e. The van der Waals surface area contributed by atoms with Crippen LogP contribution < -0.4 is 4.74 Å². The lowest BCUT2D eigenvalue weighted by atomic mass is 9.85. The molecule has 1 aliphatic rings. The van der Waals surface area contributed by atoms with E-state index >= 15 is 0 Å². The van der Waals surface area contributed by atoms with Crippen LogP contribution >= 0.6 is 0 Å². The molecule has 0 spiro atoms. The Kier molecular flexibility index (Phi) is 6.14. The molecule has 0 amide bonds. The van der Waals surface area contributed by atoms with Gasteiger partial charge in [-0.3, -0.25) is 0 Å². The Morgan fingerprint density at radius 2 is 1.65 bits per heavy atom. The van der Waals surface area contributed by atoms with Crippen molar-refractivity contribution >= 4 is 0 Å². The molecule has 3 N–H and O–H groups in total. The first-order chi connectivity index (χ1) is 12.5. The molecule has 0 aromatic heterocycles. The van der Waals surface area contributed by atoms with Crippen LogP contribution in [0.25, 0.3) is 0 Å². The van der Waals surface area contributed by atoms with Crippen molar-refractivity contribution in [1.82, 2.24) is 4.90 Å². The Balaban J connectivity index is 1.41. The van der Waals surface area contributed by atoms with Gasteiger partial charge in [0.15, 0.2) is 0 Å². The zero-order chi connectivity index (χ0) is 18.4. The van der Waals surface area contributed by atoms with Crippen molar-refractivity contribution in [2.75, 3.05) is 26.2 Å². The molecule has 1 aliphatic heterocycles. The van der Waals surface area contributed by atoms with Crippen LogP contribution in [-0.4, -0.2) is 58.2 Å². The van der Waals surface area contributed by atoms with Crippen LogP contribution in [0.4, 0.5) is 0 Å². The van der Waals surface area contributed by atoms with E-state index in [9.17, 15) is 15.3 Å². The summed E-state index contributed by atoms with van der Waals surface area (Å²) in [5.41, 5.74) is 0.497. The minimum atomic E-state index is -0.661. The number of nitrogens with zero attached hydrogens (tertiary/aromatic N) is 1. The largest absolute Gasteiger partial charge is 0.508 e. The summed E-state index contributed by atoms with van der Waals surface area (Å²) < 4.78 is 5.55. The topological polar surface area (TPSA) is 73.2 Å². The quantitative estimate of drug-likeness (QED) is 0.708. The highest BCUT2D eigenvalue weighted by Gasteiger charge is 2.32. The molecule has 0 bridgehead atoms. The summed E-state index contributed by atoms with van der Waals surface area (Å²) in [6.45, 7) is 2.26. The summed E-state index contributed by atoms with van der Waals surface area (Å²) in [4.78, 5) is 2.17. The Labute approximate surface area is 154 Å². The van der Waals surface area contributed by atoms with Crippen molar-refractivity contribution in [1.29, 1.82) is 0 Å². The summed E-state index contributed by atoms with van der Waals surface area (Å²) >= 11 is 0. The number of aliphatic hydroxyl groups is 2. The number of phenolic OH excluding ortho intramolecular Hbond substituents is 1. The smallest absolute Gasteiger partial charge is 0.119 e. The fourth-order valence-corrected chi connectivity index (χ4v) is 3.39. The molecule has 140 valence electrons. The van der Waals surface area contributed by atoms with E-state index < -0.39 is 11.7 Å². The van der Waals surface area contributed by atoms with E-state index in [0.717, 1.165) is 18.7 Å². The van der Waals surface area contributed by atoms with Gasteiger partial charge in [-0.2, -0.15) is 0 Å². The summed E-state index contributed by atoms with van der Waals surface area (Å²) in [7, 11) is 0. The SMILES string of the molecule is Oc1ccc(OC[C@@H](O)CN2CCC(O)(Cc3ccccc3)CC2)cc1. The Hall–Kier alpha value is -2.08. The highest BCUT2D eigenvalue weighted by Crippen LogP contribution is 2.26. The number of likely N-dealkylation sites (tertiary alicyclic amines) is 1. The Bertz CT molecular complexity index is 666. The molecule has 5 nitrogen and oxygen atoms in total. The lowest BCUT2D eigenvalue weighted by Crippen LogP contribution is -2.48. The summed E-state index contributed by atoms with van der Waals surface area (Å²) in [6, 6.07) is 16.5. The molecular formula is C21H27NO4. The average Bonchev–Trinajstić information content (AvgIpc) is 2.64. The number of aromatic hydroxyl groups is 1. The van der Waals surface area contributed by atoms with E-state index in [0.29, 0.717) is 31.6 Å². The fraction of sp³-hybridized carbons (Fsp3) is 0.429. The van der Waals surface area contributed by atoms with E-state index in [1.165, 1.54) is 0 Å². The molecule has 0 aliphatic carbocycles. The van der Waals surface area contributed by atoms with Gasteiger partial charge in [-0.05, 0) is 42.7 Å². The van der Waals surface area contributed by atoms with Crippen LogP contribution in [0.2, 0.25) is 0 Å². The van der Waals surface area contributed by atoms with E-state index in [1.54, 1.807) is 24.3 Å². The van der Waals surface area contributed by atoms with Crippen LogP contribution in [0.15, 0.2) is 54.6 Å². The number of rotatable bonds is 7. The van der Waals surface area contributed by atoms with Crippen molar-refractivity contribution in [2.24, 2.45) is 0 Å². The van der Waals surface area contributed by atoms with E-state index in [2.05, 4.69) is 17.0 Å². The van der Waals surface area contributed by atoms with Gasteiger partial charge >= 0.3 is 0 Å². The summed E-state index contributed by atoms with van der Waals surface area (Å²) in [6.07, 6.45) is 1.49. The third-order valence-corrected chi connectivity index (χ3v) is 4.91. The maximum absolute atomic E-state index is 10.8. The molecule has 0 saturated carbocycles. The Morgan fingerprint density at radius 1 is 1.00 bits per heavy atom. The van der Waals surface area contributed by atoms with Crippen LogP contribution in [0, 0.1) is 0 Å². The number of hydrogen-bond donors (Lipinski definition) is 3. The monoisotopic (exact) mass is 357 g/mol. The van der Waals surface area contributed by atoms with Gasteiger partial charge in [0.05, 0.1) is 5.60 Å². The molecule has 26 heavy (non-hydrogen) atoms. The van der Waals surface area contributed by atoms with Crippen LogP contribution in [0.1, 0.15) is 18.4 Å². The Morgan fingerprint density at radius 3 is 2.31 bits per heavy atom. The first-order valence-corrected chi connectivity index (χ1v) is 9.11. The number of benzene rings is 2. The van der Waals surface area contributed by atoms with Gasteiger partial charge in [-0.15, -0.1) is 0 Å². The van der Waals surface area contributed by atoms with Gasteiger partial charge in [0.1, 0.15) is 24.2 Å². The second kappa shape index (κ2) is 8.54. The molecule has 0 unspecified atom stereocenters. The lowest BCUT2D eigenvalue weighted by Gasteiger charge is -2.39. The minimum absolute atomic E-state index is 0.189. The predicted molar refractivity (Wildman–Crippen MR) is 100 cm³/mol. The first-order valence-electron chi connectivity index (χ1n) is 9.11. The summed E-state index contributed by atoms with van der Waals surface area (Å²) in [5, 5.41) is 30.3. The zero-order valence-electron chi connectivity index (χ0n) is 14.9. The van der Waals surface area contributed by atoms with Crippen molar-refractivity contribution in [2.45, 2.75) is 31.0 Å². The number of phenols is 1. The first kappa shape index (κ1) is 18.7. The average molecular weight is 357 g/mol. The second-order valence-electron chi connectivity index (χ2n) is 7.15. The van der Waals surface area contributed by atoms with Gasteiger partial charge in [0, 0.05) is 26.1 Å². The summed E-state index contributed by atoms with van der Waals surface area (Å²) in [5.74, 6) is 0.812. The van der Waals surface area contributed by atoms with Gasteiger partial charge in [-0.25, -0.2) is 0 Å². The fourth-order valence-electron chi connectivity index (χ4n) is 3.39. The van der Waals surface area contributed by atoms with Crippen molar-refractivity contribution in [3.05, 3.63) is 60.2 Å². The predicted octanol–water partition coefficient (Wildman–Crippen LogP) is 2.20. The van der Waals surface area contributed by atoms with E-state index in [1.807, 2.05) is 18.2 Å². The normalized spacial score (nSPS) is 18.4. The molecule has 1 heterocycles. The molecule has 2 aromatic carbocycles. The zero-order valence-corrected chi connectivity index (χ0v) is 14.9. The molecule has 1 saturated heterocycles. The van der Waals surface area contributed by atoms with Crippen molar-refractivity contribution in [3.63, 3.8) is 0 Å². The highest BCUT2D eigenvalue weighted by atomic mass is 16.5. The van der Waals surface area contributed by atoms with E-state index in [4.69, 9.17) is 4.74 Å². The molecular weight excluding hydrogens is 330 g/mol. The minimum Gasteiger partial charge on any atom is -0.508 e. The molecule has 3 rings (SSSR count). The van der Waals surface area contributed by atoms with Gasteiger partial charge in [0.2, 0.25) is 0 Å². The van der Waals surface area contributed by atoms with Crippen molar-refractivity contribution in [3.8, 4) is 11.5 Å². The number of β-amino-alcohol motifs (C(OH)–C–C–N with tert-alkyl or cyclic N) is 1. The number of ether oxygens (including phenoxy) is 1. The molecule has 1 atom stereocenters. The van der Waals surface area contributed by atoms with Crippen LogP contribution in [-0.2, 0) is 6.42 Å². The standard InChI is InChI=1S/C21H27NO4/c23-18-6-8-20(9-7-18)26-16-19(24)15-22-12-10-21(25,11-13-22)14-17-4-2-1-3-5-17/h1-9,19,23-25H,10-16H2/t19-/m0/s1. The molecule has 5 heteroatoms. The van der Waals surface area contributed by atoms with Crippen molar-refractivity contribution < 1.29 is 20.1 Å². The van der Waals surface area contributed by atoms with Crippen LogP contribution in [0.5, 0.6) is 11.5 Å². The number of piperidine rings is 1. The highest BCUT2D eigenvalue weighted by molar-refractivity contribution is 5.30. The number of hydrogen-bond acceptors (Lipinski definition) is 5. The molecule has 0 radical (unpaired) electrons. The maximum atomic E-state index is 10.8. The number of aliphatic hydroxyl groups excluding tert-OH is 1. The van der Waals surface area contributed by atoms with Gasteiger partial charge in [-0.1, -0.05) is 30.3 Å².